The Morgan fingerprint density at radius 1 is 1.28 bits per heavy atom. The maximum Gasteiger partial charge on any atom is 0.217 e. The first kappa shape index (κ1) is 12.4. The summed E-state index contributed by atoms with van der Waals surface area (Å²) in [6.07, 6.45) is 1.64. The van der Waals surface area contributed by atoms with Crippen LogP contribution in [0.25, 0.3) is 0 Å². The molecule has 1 heterocycles. The number of aromatic nitrogens is 1. The van der Waals surface area contributed by atoms with E-state index in [0.29, 0.717) is 10.9 Å². The Kier molecular flexibility index (Phi) is 3.81. The van der Waals surface area contributed by atoms with Crippen molar-refractivity contribution in [3.63, 3.8) is 0 Å². The standard InChI is InChI=1S/C14H11ClN2O/c1-18-14-12(3-2-8-17-14)13(9-16)10-4-6-11(15)7-5-10/h2-8,13H,1H3. The highest BCUT2D eigenvalue weighted by molar-refractivity contribution is 6.30. The van der Waals surface area contributed by atoms with Crippen molar-refractivity contribution in [3.8, 4) is 11.9 Å². The van der Waals surface area contributed by atoms with Crippen LogP contribution in [0.15, 0.2) is 42.6 Å². The van der Waals surface area contributed by atoms with Crippen molar-refractivity contribution in [2.24, 2.45) is 0 Å². The number of benzene rings is 1. The van der Waals surface area contributed by atoms with Crippen LogP contribution in [-0.4, -0.2) is 12.1 Å². The van der Waals surface area contributed by atoms with E-state index < -0.39 is 5.92 Å². The number of rotatable bonds is 3. The first-order valence-electron chi connectivity index (χ1n) is 5.40. The highest BCUT2D eigenvalue weighted by atomic mass is 35.5. The minimum absolute atomic E-state index is 0.411. The maximum absolute atomic E-state index is 9.36. The van der Waals surface area contributed by atoms with Gasteiger partial charge >= 0.3 is 0 Å². The first-order chi connectivity index (χ1) is 8.76. The van der Waals surface area contributed by atoms with Gasteiger partial charge in [-0.1, -0.05) is 29.8 Å². The molecule has 18 heavy (non-hydrogen) atoms. The second-order valence-corrected chi connectivity index (χ2v) is 4.15. The van der Waals surface area contributed by atoms with Crippen LogP contribution in [0.2, 0.25) is 5.02 Å². The molecule has 90 valence electrons. The summed E-state index contributed by atoms with van der Waals surface area (Å²) in [5.41, 5.74) is 1.62. The van der Waals surface area contributed by atoms with E-state index in [1.807, 2.05) is 18.2 Å². The van der Waals surface area contributed by atoms with E-state index in [-0.39, 0.29) is 0 Å². The van der Waals surface area contributed by atoms with E-state index in [4.69, 9.17) is 16.3 Å². The lowest BCUT2D eigenvalue weighted by Gasteiger charge is -2.12. The molecule has 0 saturated carbocycles. The smallest absolute Gasteiger partial charge is 0.217 e. The summed E-state index contributed by atoms with van der Waals surface area (Å²) in [7, 11) is 1.54. The van der Waals surface area contributed by atoms with Gasteiger partial charge in [0.2, 0.25) is 5.88 Å². The van der Waals surface area contributed by atoms with E-state index in [1.54, 1.807) is 31.5 Å². The number of pyridine rings is 1. The van der Waals surface area contributed by atoms with E-state index in [2.05, 4.69) is 11.1 Å². The Labute approximate surface area is 111 Å². The molecule has 0 saturated heterocycles. The Balaban J connectivity index is 2.46. The van der Waals surface area contributed by atoms with E-state index in [9.17, 15) is 5.26 Å². The van der Waals surface area contributed by atoms with Gasteiger partial charge in [-0.05, 0) is 23.8 Å². The quantitative estimate of drug-likeness (QED) is 0.848. The fourth-order valence-corrected chi connectivity index (χ4v) is 1.90. The lowest BCUT2D eigenvalue weighted by Crippen LogP contribution is -2.02. The zero-order valence-corrected chi connectivity index (χ0v) is 10.6. The van der Waals surface area contributed by atoms with Crippen molar-refractivity contribution in [2.75, 3.05) is 7.11 Å². The van der Waals surface area contributed by atoms with Gasteiger partial charge in [-0.3, -0.25) is 0 Å². The van der Waals surface area contributed by atoms with Crippen molar-refractivity contribution >= 4 is 11.6 Å². The highest BCUT2D eigenvalue weighted by Crippen LogP contribution is 2.30. The molecule has 1 aromatic heterocycles. The molecule has 1 unspecified atom stereocenters. The fourth-order valence-electron chi connectivity index (χ4n) is 1.77. The van der Waals surface area contributed by atoms with Gasteiger partial charge in [0.05, 0.1) is 13.2 Å². The number of hydrogen-bond acceptors (Lipinski definition) is 3. The molecule has 0 bridgehead atoms. The zero-order valence-electron chi connectivity index (χ0n) is 9.80. The number of halogens is 1. The monoisotopic (exact) mass is 258 g/mol. The molecular formula is C14H11ClN2O. The molecule has 0 aliphatic heterocycles. The summed E-state index contributed by atoms with van der Waals surface area (Å²) in [6.45, 7) is 0. The second kappa shape index (κ2) is 5.52. The van der Waals surface area contributed by atoms with E-state index >= 15 is 0 Å². The minimum atomic E-state index is -0.411. The van der Waals surface area contributed by atoms with Crippen molar-refractivity contribution in [3.05, 3.63) is 58.7 Å². The maximum atomic E-state index is 9.36. The Bertz CT molecular complexity index is 575. The summed E-state index contributed by atoms with van der Waals surface area (Å²) in [5.74, 6) is 0.0601. The summed E-state index contributed by atoms with van der Waals surface area (Å²) in [4.78, 5) is 4.11. The Morgan fingerprint density at radius 2 is 2.00 bits per heavy atom. The molecular weight excluding hydrogens is 248 g/mol. The molecule has 0 aliphatic rings. The normalized spacial score (nSPS) is 11.6. The lowest BCUT2D eigenvalue weighted by atomic mass is 9.93. The molecule has 1 aromatic carbocycles. The predicted molar refractivity (Wildman–Crippen MR) is 69.7 cm³/mol. The molecule has 3 nitrogen and oxygen atoms in total. The number of hydrogen-bond donors (Lipinski definition) is 0. The molecule has 0 fully saturated rings. The van der Waals surface area contributed by atoms with Gasteiger partial charge in [0.15, 0.2) is 0 Å². The molecule has 0 N–H and O–H groups in total. The van der Waals surface area contributed by atoms with Gasteiger partial charge in [0.25, 0.3) is 0 Å². The Morgan fingerprint density at radius 3 is 2.61 bits per heavy atom. The predicted octanol–water partition coefficient (Wildman–Crippen LogP) is 3.40. The van der Waals surface area contributed by atoms with Gasteiger partial charge in [-0.2, -0.15) is 5.26 Å². The summed E-state index contributed by atoms with van der Waals surface area (Å²) in [6, 6.07) is 13.1. The molecule has 4 heteroatoms. The zero-order chi connectivity index (χ0) is 13.0. The second-order valence-electron chi connectivity index (χ2n) is 3.72. The largest absolute Gasteiger partial charge is 0.481 e. The van der Waals surface area contributed by atoms with Gasteiger partial charge < -0.3 is 4.74 Å². The number of ether oxygens (including phenoxy) is 1. The van der Waals surface area contributed by atoms with E-state index in [1.165, 1.54) is 0 Å². The average Bonchev–Trinajstić information content (AvgIpc) is 2.42. The topological polar surface area (TPSA) is 45.9 Å². The minimum Gasteiger partial charge on any atom is -0.481 e. The van der Waals surface area contributed by atoms with Crippen molar-refractivity contribution in [2.45, 2.75) is 5.92 Å². The molecule has 0 aliphatic carbocycles. The average molecular weight is 259 g/mol. The van der Waals surface area contributed by atoms with Crippen molar-refractivity contribution in [1.29, 1.82) is 5.26 Å². The van der Waals surface area contributed by atoms with Crippen LogP contribution in [0.1, 0.15) is 17.0 Å². The highest BCUT2D eigenvalue weighted by Gasteiger charge is 2.18. The van der Waals surface area contributed by atoms with Gasteiger partial charge in [-0.15, -0.1) is 0 Å². The number of nitrogens with zero attached hydrogens (tertiary/aromatic N) is 2. The van der Waals surface area contributed by atoms with Gasteiger partial charge in [0.1, 0.15) is 5.92 Å². The van der Waals surface area contributed by atoms with Crippen LogP contribution in [0.3, 0.4) is 0 Å². The SMILES string of the molecule is COc1ncccc1C(C#N)c1ccc(Cl)cc1. The summed E-state index contributed by atoms with van der Waals surface area (Å²) < 4.78 is 5.19. The molecule has 0 amide bonds. The van der Waals surface area contributed by atoms with Crippen molar-refractivity contribution < 1.29 is 4.74 Å². The van der Waals surface area contributed by atoms with Crippen LogP contribution in [0, 0.1) is 11.3 Å². The van der Waals surface area contributed by atoms with Crippen LogP contribution >= 0.6 is 11.6 Å². The Hall–Kier alpha value is -2.05. The van der Waals surface area contributed by atoms with Crippen LogP contribution < -0.4 is 4.74 Å². The summed E-state index contributed by atoms with van der Waals surface area (Å²) in [5, 5.41) is 10.0. The van der Waals surface area contributed by atoms with Crippen LogP contribution in [0.4, 0.5) is 0 Å². The third kappa shape index (κ3) is 2.44. The third-order valence-electron chi connectivity index (χ3n) is 2.64. The summed E-state index contributed by atoms with van der Waals surface area (Å²) >= 11 is 5.84. The molecule has 0 spiro atoms. The van der Waals surface area contributed by atoms with Crippen molar-refractivity contribution in [1.82, 2.24) is 4.98 Å². The third-order valence-corrected chi connectivity index (χ3v) is 2.89. The molecule has 2 aromatic rings. The molecule has 1 atom stereocenters. The molecule has 2 rings (SSSR count). The van der Waals surface area contributed by atoms with Crippen LogP contribution in [0.5, 0.6) is 5.88 Å². The van der Waals surface area contributed by atoms with Gasteiger partial charge in [-0.25, -0.2) is 4.98 Å². The fraction of sp³-hybridized carbons (Fsp3) is 0.143. The first-order valence-corrected chi connectivity index (χ1v) is 5.78. The lowest BCUT2D eigenvalue weighted by molar-refractivity contribution is 0.392. The van der Waals surface area contributed by atoms with Crippen LogP contribution in [-0.2, 0) is 0 Å². The molecule has 0 radical (unpaired) electrons. The number of methoxy groups -OCH3 is 1. The van der Waals surface area contributed by atoms with Gasteiger partial charge in [0, 0.05) is 16.8 Å². The van der Waals surface area contributed by atoms with E-state index in [0.717, 1.165) is 11.1 Å². The number of nitriles is 1.